The summed E-state index contributed by atoms with van der Waals surface area (Å²) in [5.74, 6) is 0.649. The average molecular weight is 288 g/mol. The second-order valence-corrected chi connectivity index (χ2v) is 6.22. The molecule has 1 aliphatic carbocycles. The quantitative estimate of drug-likeness (QED) is 0.810. The summed E-state index contributed by atoms with van der Waals surface area (Å²) in [5.41, 5.74) is 8.62. The zero-order valence-electron chi connectivity index (χ0n) is 13.1. The van der Waals surface area contributed by atoms with Crippen molar-refractivity contribution in [2.24, 2.45) is 11.7 Å². The highest BCUT2D eigenvalue weighted by Gasteiger charge is 2.21. The van der Waals surface area contributed by atoms with E-state index in [1.165, 1.54) is 11.1 Å². The first-order chi connectivity index (χ1) is 10.2. The molecule has 3 nitrogen and oxygen atoms in total. The number of nitrogens with two attached hydrogens (primary N) is 1. The molecule has 0 radical (unpaired) electrons. The van der Waals surface area contributed by atoms with Crippen LogP contribution >= 0.6 is 0 Å². The van der Waals surface area contributed by atoms with E-state index in [1.54, 1.807) is 0 Å². The molecule has 2 atom stereocenters. The first-order valence-corrected chi connectivity index (χ1v) is 8.29. The molecule has 116 valence electrons. The summed E-state index contributed by atoms with van der Waals surface area (Å²) >= 11 is 0. The fourth-order valence-electron chi connectivity index (χ4n) is 3.20. The smallest absolute Gasteiger partial charge is 0.220 e. The van der Waals surface area contributed by atoms with Gasteiger partial charge in [0.25, 0.3) is 0 Å². The van der Waals surface area contributed by atoms with E-state index < -0.39 is 0 Å². The van der Waals surface area contributed by atoms with E-state index in [9.17, 15) is 4.79 Å². The molecule has 0 heterocycles. The minimum absolute atomic E-state index is 0.147. The Hall–Kier alpha value is -1.35. The van der Waals surface area contributed by atoms with E-state index in [0.29, 0.717) is 18.9 Å². The molecule has 2 unspecified atom stereocenters. The van der Waals surface area contributed by atoms with Crippen LogP contribution in [0.2, 0.25) is 0 Å². The number of fused-ring (bicyclic) bond motifs is 1. The van der Waals surface area contributed by atoms with Crippen molar-refractivity contribution < 1.29 is 4.79 Å². The highest BCUT2D eigenvalue weighted by Crippen LogP contribution is 2.27. The van der Waals surface area contributed by atoms with Crippen molar-refractivity contribution in [2.75, 3.05) is 6.54 Å². The predicted octanol–water partition coefficient (Wildman–Crippen LogP) is 2.82. The Kier molecular flexibility index (Phi) is 6.24. The standard InChI is InChI=1S/C18H28N2O/c1-2-3-8-17(13-19)20-18(21)12-14-9-10-15-6-4-5-7-16(15)11-14/h4-7,14,17H,2-3,8-13,19H2,1H3,(H,20,21). The van der Waals surface area contributed by atoms with Gasteiger partial charge in [0.1, 0.15) is 0 Å². The molecule has 0 bridgehead atoms. The van der Waals surface area contributed by atoms with Crippen molar-refractivity contribution in [3.8, 4) is 0 Å². The molecule has 1 amide bonds. The van der Waals surface area contributed by atoms with Crippen molar-refractivity contribution in [1.29, 1.82) is 0 Å². The Morgan fingerprint density at radius 3 is 2.86 bits per heavy atom. The third-order valence-electron chi connectivity index (χ3n) is 4.48. The van der Waals surface area contributed by atoms with Crippen molar-refractivity contribution >= 4 is 5.91 Å². The normalized spacial score (nSPS) is 18.9. The van der Waals surface area contributed by atoms with E-state index in [1.807, 2.05) is 0 Å². The van der Waals surface area contributed by atoms with Gasteiger partial charge in [-0.1, -0.05) is 44.0 Å². The van der Waals surface area contributed by atoms with Gasteiger partial charge in [0.05, 0.1) is 0 Å². The van der Waals surface area contributed by atoms with Crippen molar-refractivity contribution in [1.82, 2.24) is 5.32 Å². The van der Waals surface area contributed by atoms with Gasteiger partial charge in [-0.25, -0.2) is 0 Å². The third kappa shape index (κ3) is 4.85. The SMILES string of the molecule is CCCCC(CN)NC(=O)CC1CCc2ccccc2C1. The number of amides is 1. The monoisotopic (exact) mass is 288 g/mol. The van der Waals surface area contributed by atoms with Gasteiger partial charge in [0.15, 0.2) is 0 Å². The average Bonchev–Trinajstić information content (AvgIpc) is 2.51. The van der Waals surface area contributed by atoms with Crippen LogP contribution in [0.15, 0.2) is 24.3 Å². The van der Waals surface area contributed by atoms with E-state index in [4.69, 9.17) is 5.73 Å². The molecule has 0 saturated heterocycles. The zero-order valence-corrected chi connectivity index (χ0v) is 13.1. The molecular weight excluding hydrogens is 260 g/mol. The van der Waals surface area contributed by atoms with Gasteiger partial charge in [-0.15, -0.1) is 0 Å². The number of unbranched alkanes of at least 4 members (excludes halogenated alkanes) is 1. The lowest BCUT2D eigenvalue weighted by atomic mass is 9.82. The fraction of sp³-hybridized carbons (Fsp3) is 0.611. The Labute approximate surface area is 128 Å². The third-order valence-corrected chi connectivity index (χ3v) is 4.48. The van der Waals surface area contributed by atoms with E-state index in [0.717, 1.165) is 38.5 Å². The van der Waals surface area contributed by atoms with Gasteiger partial charge < -0.3 is 11.1 Å². The van der Waals surface area contributed by atoms with Gasteiger partial charge in [-0.05, 0) is 42.7 Å². The summed E-state index contributed by atoms with van der Waals surface area (Å²) in [7, 11) is 0. The van der Waals surface area contributed by atoms with Crippen LogP contribution in [0, 0.1) is 5.92 Å². The zero-order chi connectivity index (χ0) is 15.1. The molecule has 0 aromatic heterocycles. The Morgan fingerprint density at radius 1 is 1.38 bits per heavy atom. The number of carbonyl (C=O) groups is 1. The van der Waals surface area contributed by atoms with Gasteiger partial charge in [0, 0.05) is 19.0 Å². The summed E-state index contributed by atoms with van der Waals surface area (Å²) < 4.78 is 0. The molecular formula is C18H28N2O. The number of benzene rings is 1. The number of nitrogens with one attached hydrogen (secondary N) is 1. The summed E-state index contributed by atoms with van der Waals surface area (Å²) in [6.45, 7) is 2.70. The Balaban J connectivity index is 1.81. The summed E-state index contributed by atoms with van der Waals surface area (Å²) in [4.78, 5) is 12.2. The topological polar surface area (TPSA) is 55.1 Å². The van der Waals surface area contributed by atoms with Gasteiger partial charge in [-0.2, -0.15) is 0 Å². The van der Waals surface area contributed by atoms with Gasteiger partial charge >= 0.3 is 0 Å². The molecule has 0 fully saturated rings. The Bertz CT molecular complexity index is 458. The molecule has 3 heteroatoms. The maximum atomic E-state index is 12.2. The van der Waals surface area contributed by atoms with E-state index >= 15 is 0 Å². The molecule has 0 spiro atoms. The molecule has 2 rings (SSSR count). The molecule has 0 saturated carbocycles. The minimum atomic E-state index is 0.147. The van der Waals surface area contributed by atoms with Crippen molar-refractivity contribution in [2.45, 2.75) is 57.9 Å². The molecule has 1 aromatic rings. The van der Waals surface area contributed by atoms with Crippen molar-refractivity contribution in [3.63, 3.8) is 0 Å². The number of rotatable bonds is 7. The summed E-state index contributed by atoms with van der Waals surface area (Å²) in [6.07, 6.45) is 7.15. The first kappa shape index (κ1) is 16.0. The van der Waals surface area contributed by atoms with E-state index in [2.05, 4.69) is 36.5 Å². The Morgan fingerprint density at radius 2 is 2.14 bits per heavy atom. The van der Waals surface area contributed by atoms with Crippen LogP contribution < -0.4 is 11.1 Å². The van der Waals surface area contributed by atoms with Crippen LogP contribution in [0.5, 0.6) is 0 Å². The summed E-state index contributed by atoms with van der Waals surface area (Å²) in [6, 6.07) is 8.75. The maximum absolute atomic E-state index is 12.2. The van der Waals surface area contributed by atoms with Crippen LogP contribution in [0.4, 0.5) is 0 Å². The summed E-state index contributed by atoms with van der Waals surface area (Å²) in [5, 5.41) is 3.11. The van der Waals surface area contributed by atoms with Gasteiger partial charge in [0.2, 0.25) is 5.91 Å². The maximum Gasteiger partial charge on any atom is 0.220 e. The highest BCUT2D eigenvalue weighted by molar-refractivity contribution is 5.76. The lowest BCUT2D eigenvalue weighted by Gasteiger charge is -2.25. The number of aryl methyl sites for hydroxylation is 1. The van der Waals surface area contributed by atoms with Crippen LogP contribution in [-0.2, 0) is 17.6 Å². The predicted molar refractivity (Wildman–Crippen MR) is 87.1 cm³/mol. The number of hydrogen-bond acceptors (Lipinski definition) is 2. The molecule has 21 heavy (non-hydrogen) atoms. The van der Waals surface area contributed by atoms with E-state index in [-0.39, 0.29) is 11.9 Å². The molecule has 3 N–H and O–H groups in total. The molecule has 0 aliphatic heterocycles. The van der Waals surface area contributed by atoms with Crippen LogP contribution in [0.1, 0.15) is 50.2 Å². The number of hydrogen-bond donors (Lipinski definition) is 2. The number of carbonyl (C=O) groups excluding carboxylic acids is 1. The lowest BCUT2D eigenvalue weighted by molar-refractivity contribution is -0.122. The second kappa shape index (κ2) is 8.18. The molecule has 1 aliphatic rings. The van der Waals surface area contributed by atoms with Crippen molar-refractivity contribution in [3.05, 3.63) is 35.4 Å². The van der Waals surface area contributed by atoms with Crippen LogP contribution in [0.3, 0.4) is 0 Å². The molecule has 1 aromatic carbocycles. The highest BCUT2D eigenvalue weighted by atomic mass is 16.1. The lowest BCUT2D eigenvalue weighted by Crippen LogP contribution is -2.41. The van der Waals surface area contributed by atoms with Crippen LogP contribution in [-0.4, -0.2) is 18.5 Å². The van der Waals surface area contributed by atoms with Gasteiger partial charge in [-0.3, -0.25) is 4.79 Å². The fourth-order valence-corrected chi connectivity index (χ4v) is 3.20. The largest absolute Gasteiger partial charge is 0.352 e. The van der Waals surface area contributed by atoms with Crippen LogP contribution in [0.25, 0.3) is 0 Å². The second-order valence-electron chi connectivity index (χ2n) is 6.22. The minimum Gasteiger partial charge on any atom is -0.352 e. The first-order valence-electron chi connectivity index (χ1n) is 8.29.